The number of aryl methyl sites for hydroxylation is 1. The normalized spacial score (nSPS) is 11.4. The molecule has 0 aliphatic carbocycles. The molecule has 0 fully saturated rings. The van der Waals surface area contributed by atoms with E-state index >= 15 is 0 Å². The largest absolute Gasteiger partial charge is 0.396 e. The molecule has 0 unspecified atom stereocenters. The smallest absolute Gasteiger partial charge is 0.224 e. The maximum absolute atomic E-state index is 9.02. The van der Waals surface area contributed by atoms with Gasteiger partial charge >= 0.3 is 0 Å². The molecule has 1 aromatic carbocycles. The van der Waals surface area contributed by atoms with E-state index in [9.17, 15) is 0 Å². The highest BCUT2D eigenvalue weighted by molar-refractivity contribution is 6.07. The van der Waals surface area contributed by atoms with Crippen LogP contribution in [0.4, 0.5) is 11.8 Å². The van der Waals surface area contributed by atoms with Gasteiger partial charge in [-0.15, -0.1) is 0 Å². The molecule has 0 aliphatic rings. The Bertz CT molecular complexity index is 1100. The number of benzene rings is 1. The molecule has 138 valence electrons. The van der Waals surface area contributed by atoms with E-state index in [0.29, 0.717) is 24.6 Å². The highest BCUT2D eigenvalue weighted by Gasteiger charge is 2.13. The molecule has 0 spiro atoms. The third-order valence-corrected chi connectivity index (χ3v) is 4.45. The van der Waals surface area contributed by atoms with Crippen LogP contribution in [0.25, 0.3) is 33.1 Å². The van der Waals surface area contributed by atoms with Gasteiger partial charge < -0.3 is 20.7 Å². The van der Waals surface area contributed by atoms with Crippen molar-refractivity contribution >= 4 is 33.7 Å². The van der Waals surface area contributed by atoms with Crippen LogP contribution in [-0.2, 0) is 6.42 Å². The minimum absolute atomic E-state index is 0.129. The summed E-state index contributed by atoms with van der Waals surface area (Å²) in [6, 6.07) is 5.98. The van der Waals surface area contributed by atoms with Gasteiger partial charge in [-0.25, -0.2) is 19.9 Å². The first-order valence-corrected chi connectivity index (χ1v) is 8.75. The van der Waals surface area contributed by atoms with Gasteiger partial charge in [-0.2, -0.15) is 0 Å². The Morgan fingerprint density at radius 1 is 1.11 bits per heavy atom. The first-order valence-electron chi connectivity index (χ1n) is 8.75. The Hall–Kier alpha value is -3.26. The van der Waals surface area contributed by atoms with Gasteiger partial charge in [-0.05, 0) is 24.1 Å². The molecule has 27 heavy (non-hydrogen) atoms. The van der Waals surface area contributed by atoms with Crippen LogP contribution < -0.4 is 10.6 Å². The number of imidazole rings is 1. The van der Waals surface area contributed by atoms with E-state index < -0.39 is 0 Å². The fraction of sp³-hybridized carbons (Fsp3) is 0.263. The molecule has 4 aromatic rings. The van der Waals surface area contributed by atoms with Crippen LogP contribution in [-0.4, -0.2) is 50.7 Å². The number of nitrogens with two attached hydrogens (primary N) is 1. The molecule has 4 rings (SSSR count). The second-order valence-corrected chi connectivity index (χ2v) is 6.63. The third-order valence-electron chi connectivity index (χ3n) is 4.45. The zero-order valence-electron chi connectivity index (χ0n) is 15.3. The molecule has 3 heterocycles. The van der Waals surface area contributed by atoms with E-state index in [1.165, 1.54) is 0 Å². The van der Waals surface area contributed by atoms with Crippen molar-refractivity contribution in [3.63, 3.8) is 0 Å². The van der Waals surface area contributed by atoms with Gasteiger partial charge in [-0.1, -0.05) is 6.07 Å². The van der Waals surface area contributed by atoms with Crippen molar-refractivity contribution in [3.05, 3.63) is 36.4 Å². The highest BCUT2D eigenvalue weighted by Crippen LogP contribution is 2.30. The predicted octanol–water partition coefficient (Wildman–Crippen LogP) is 2.14. The molecule has 0 atom stereocenters. The number of hydrogen-bond donors (Lipinski definition) is 3. The zero-order valence-corrected chi connectivity index (χ0v) is 15.3. The van der Waals surface area contributed by atoms with Crippen molar-refractivity contribution in [3.8, 4) is 11.1 Å². The number of pyridine rings is 1. The van der Waals surface area contributed by atoms with E-state index in [4.69, 9.17) is 10.8 Å². The standard InChI is InChI=1S/C19H21N7O/c1-26(2)19-21-9-12(10-22-19)11-5-6-13-14(8-11)23-18(20)17-16(13)24-15(25-17)4-3-7-27/h5-6,8-10,27H,3-4,7H2,1-2H3,(H2,20,23)(H,24,25). The summed E-state index contributed by atoms with van der Waals surface area (Å²) in [5.74, 6) is 1.88. The van der Waals surface area contributed by atoms with Gasteiger partial charge in [0, 0.05) is 50.5 Å². The summed E-state index contributed by atoms with van der Waals surface area (Å²) in [7, 11) is 3.81. The third kappa shape index (κ3) is 3.15. The lowest BCUT2D eigenvalue weighted by molar-refractivity contribution is 0.287. The minimum atomic E-state index is 0.129. The van der Waals surface area contributed by atoms with Gasteiger partial charge in [0.05, 0.1) is 5.52 Å². The topological polar surface area (TPSA) is 117 Å². The van der Waals surface area contributed by atoms with Gasteiger partial charge in [0.1, 0.15) is 22.7 Å². The molecule has 0 bridgehead atoms. The van der Waals surface area contributed by atoms with E-state index in [1.807, 2.05) is 37.2 Å². The fourth-order valence-electron chi connectivity index (χ4n) is 3.06. The van der Waals surface area contributed by atoms with Crippen LogP contribution in [0.1, 0.15) is 12.2 Å². The van der Waals surface area contributed by atoms with Gasteiger partial charge in [-0.3, -0.25) is 0 Å². The molecule has 8 nitrogen and oxygen atoms in total. The molecule has 4 N–H and O–H groups in total. The van der Waals surface area contributed by atoms with Crippen LogP contribution in [0.15, 0.2) is 30.6 Å². The molecule has 0 amide bonds. The summed E-state index contributed by atoms with van der Waals surface area (Å²) >= 11 is 0. The van der Waals surface area contributed by atoms with E-state index in [0.717, 1.165) is 38.9 Å². The van der Waals surface area contributed by atoms with Crippen LogP contribution in [0.3, 0.4) is 0 Å². The average molecular weight is 363 g/mol. The van der Waals surface area contributed by atoms with Crippen molar-refractivity contribution in [2.75, 3.05) is 31.3 Å². The number of anilines is 2. The molecule has 3 aromatic heterocycles. The SMILES string of the molecule is CN(C)c1ncc(-c2ccc3c(c2)nc(N)c2[nH]c(CCCO)nc23)cn1. The summed E-state index contributed by atoms with van der Waals surface area (Å²) in [6.45, 7) is 0.129. The first-order chi connectivity index (χ1) is 13.1. The van der Waals surface area contributed by atoms with Gasteiger partial charge in [0.25, 0.3) is 0 Å². The lowest BCUT2D eigenvalue weighted by Gasteiger charge is -2.10. The van der Waals surface area contributed by atoms with Crippen LogP contribution in [0.2, 0.25) is 0 Å². The quantitative estimate of drug-likeness (QED) is 0.497. The van der Waals surface area contributed by atoms with Crippen molar-refractivity contribution < 1.29 is 5.11 Å². The van der Waals surface area contributed by atoms with E-state index in [2.05, 4.69) is 24.9 Å². The van der Waals surface area contributed by atoms with E-state index in [1.54, 1.807) is 12.4 Å². The number of fused-ring (bicyclic) bond motifs is 3. The molecule has 0 aliphatic heterocycles. The van der Waals surface area contributed by atoms with Crippen molar-refractivity contribution in [2.45, 2.75) is 12.8 Å². The lowest BCUT2D eigenvalue weighted by Crippen LogP contribution is -2.12. The minimum Gasteiger partial charge on any atom is -0.396 e. The van der Waals surface area contributed by atoms with E-state index in [-0.39, 0.29) is 6.61 Å². The fourth-order valence-corrected chi connectivity index (χ4v) is 3.06. The Balaban J connectivity index is 1.79. The van der Waals surface area contributed by atoms with Crippen LogP contribution in [0.5, 0.6) is 0 Å². The van der Waals surface area contributed by atoms with Gasteiger partial charge in [0.15, 0.2) is 0 Å². The number of nitrogen functional groups attached to an aromatic ring is 1. The Labute approximate surface area is 156 Å². The molecule has 0 radical (unpaired) electrons. The summed E-state index contributed by atoms with van der Waals surface area (Å²) < 4.78 is 0. The van der Waals surface area contributed by atoms with Crippen molar-refractivity contribution in [1.82, 2.24) is 24.9 Å². The molecular formula is C19H21N7O. The summed E-state index contributed by atoms with van der Waals surface area (Å²) in [5.41, 5.74) is 10.3. The second kappa shape index (κ2) is 6.81. The summed E-state index contributed by atoms with van der Waals surface area (Å²) in [4.78, 5) is 23.0. The summed E-state index contributed by atoms with van der Waals surface area (Å²) in [6.07, 6.45) is 4.91. The number of aromatic nitrogens is 5. The molecule has 0 saturated heterocycles. The maximum Gasteiger partial charge on any atom is 0.224 e. The number of H-pyrrole nitrogens is 1. The number of aliphatic hydroxyl groups excluding tert-OH is 1. The predicted molar refractivity (Wildman–Crippen MR) is 107 cm³/mol. The zero-order chi connectivity index (χ0) is 19.0. The average Bonchev–Trinajstić information content (AvgIpc) is 3.11. The van der Waals surface area contributed by atoms with Crippen LogP contribution >= 0.6 is 0 Å². The summed E-state index contributed by atoms with van der Waals surface area (Å²) in [5, 5.41) is 9.95. The van der Waals surface area contributed by atoms with Crippen LogP contribution in [0, 0.1) is 0 Å². The number of aliphatic hydroxyl groups is 1. The molecule has 8 heteroatoms. The number of rotatable bonds is 5. The number of aromatic amines is 1. The number of nitrogens with zero attached hydrogens (tertiary/aromatic N) is 5. The Kier molecular flexibility index (Phi) is 4.33. The lowest BCUT2D eigenvalue weighted by atomic mass is 10.1. The highest BCUT2D eigenvalue weighted by atomic mass is 16.2. The van der Waals surface area contributed by atoms with Crippen molar-refractivity contribution in [2.24, 2.45) is 0 Å². The first kappa shape index (κ1) is 17.2. The van der Waals surface area contributed by atoms with Gasteiger partial charge in [0.2, 0.25) is 5.95 Å². The van der Waals surface area contributed by atoms with Crippen molar-refractivity contribution in [1.29, 1.82) is 0 Å². The Morgan fingerprint density at radius 2 is 1.89 bits per heavy atom. The number of nitrogens with one attached hydrogen (secondary N) is 1. The second-order valence-electron chi connectivity index (χ2n) is 6.63. The molecular weight excluding hydrogens is 342 g/mol. The monoisotopic (exact) mass is 363 g/mol. The maximum atomic E-state index is 9.02. The Morgan fingerprint density at radius 3 is 2.59 bits per heavy atom. The molecule has 0 saturated carbocycles. The number of hydrogen-bond acceptors (Lipinski definition) is 7.